The van der Waals surface area contributed by atoms with E-state index in [1.54, 1.807) is 30.3 Å². The molecule has 3 N–H and O–H groups in total. The topological polar surface area (TPSA) is 88.7 Å². The van der Waals surface area contributed by atoms with Crippen molar-refractivity contribution in [1.29, 1.82) is 0 Å². The van der Waals surface area contributed by atoms with Gasteiger partial charge in [-0.2, -0.15) is 0 Å². The van der Waals surface area contributed by atoms with E-state index in [0.29, 0.717) is 23.7 Å². The fraction of sp³-hybridized carbons (Fsp3) is 0.107. The molecule has 0 aliphatic carbocycles. The van der Waals surface area contributed by atoms with Crippen molar-refractivity contribution in [3.63, 3.8) is 0 Å². The van der Waals surface area contributed by atoms with Crippen molar-refractivity contribution < 1.29 is 19.1 Å². The Balaban J connectivity index is 1.19. The van der Waals surface area contributed by atoms with Crippen LogP contribution in [0.25, 0.3) is 10.8 Å². The predicted molar refractivity (Wildman–Crippen MR) is 143 cm³/mol. The minimum atomic E-state index is -0.450. The highest BCUT2D eigenvalue weighted by Gasteiger charge is 2.10. The number of carbonyl (C=O) groups is 2. The summed E-state index contributed by atoms with van der Waals surface area (Å²) in [6, 6.07) is 30.3. The van der Waals surface area contributed by atoms with Gasteiger partial charge in [-0.15, -0.1) is 0 Å². The average molecular weight is 500 g/mol. The summed E-state index contributed by atoms with van der Waals surface area (Å²) >= 11 is 5.11. The van der Waals surface area contributed by atoms with E-state index in [1.165, 1.54) is 5.56 Å². The summed E-state index contributed by atoms with van der Waals surface area (Å²) in [5.41, 5.74) is 6.46. The zero-order valence-electron chi connectivity index (χ0n) is 19.4. The van der Waals surface area contributed by atoms with Gasteiger partial charge in [-0.3, -0.25) is 25.8 Å². The minimum absolute atomic E-state index is 0.0468. The average Bonchev–Trinajstić information content (AvgIpc) is 2.91. The second-order valence-electron chi connectivity index (χ2n) is 7.87. The first-order valence-electron chi connectivity index (χ1n) is 11.4. The SMILES string of the molecule is O=C(COc1ccc2ccccc2c1)NNC(=S)NC(=O)c1cccc(OCCc2ccccc2)c1. The van der Waals surface area contributed by atoms with Gasteiger partial charge < -0.3 is 9.47 Å². The van der Waals surface area contributed by atoms with E-state index in [-0.39, 0.29) is 11.7 Å². The summed E-state index contributed by atoms with van der Waals surface area (Å²) in [7, 11) is 0. The van der Waals surface area contributed by atoms with Crippen LogP contribution in [0.4, 0.5) is 0 Å². The summed E-state index contributed by atoms with van der Waals surface area (Å²) in [5, 5.41) is 4.58. The quantitative estimate of drug-likeness (QED) is 0.249. The first kappa shape index (κ1) is 24.7. The third-order valence-electron chi connectivity index (χ3n) is 5.23. The Morgan fingerprint density at radius 2 is 1.47 bits per heavy atom. The zero-order valence-corrected chi connectivity index (χ0v) is 20.2. The molecule has 2 amide bonds. The number of rotatable bonds is 8. The van der Waals surface area contributed by atoms with Gasteiger partial charge in [-0.05, 0) is 58.9 Å². The lowest BCUT2D eigenvalue weighted by atomic mass is 10.1. The van der Waals surface area contributed by atoms with E-state index in [1.807, 2.05) is 66.7 Å². The highest BCUT2D eigenvalue weighted by atomic mass is 32.1. The molecule has 0 unspecified atom stereocenters. The lowest BCUT2D eigenvalue weighted by Crippen LogP contribution is -2.49. The maximum atomic E-state index is 12.5. The van der Waals surface area contributed by atoms with Crippen LogP contribution in [0, 0.1) is 0 Å². The highest BCUT2D eigenvalue weighted by molar-refractivity contribution is 7.80. The van der Waals surface area contributed by atoms with Crippen LogP contribution in [0.3, 0.4) is 0 Å². The maximum Gasteiger partial charge on any atom is 0.276 e. The molecule has 0 saturated heterocycles. The van der Waals surface area contributed by atoms with Gasteiger partial charge in [0.15, 0.2) is 11.7 Å². The molecule has 7 nitrogen and oxygen atoms in total. The fourth-order valence-corrected chi connectivity index (χ4v) is 3.58. The molecule has 4 aromatic rings. The molecular weight excluding hydrogens is 474 g/mol. The molecule has 182 valence electrons. The van der Waals surface area contributed by atoms with Crippen molar-refractivity contribution >= 4 is 39.9 Å². The number of hydrazine groups is 1. The zero-order chi connectivity index (χ0) is 25.2. The van der Waals surface area contributed by atoms with Gasteiger partial charge in [0, 0.05) is 12.0 Å². The number of fused-ring (bicyclic) bond motifs is 1. The highest BCUT2D eigenvalue weighted by Crippen LogP contribution is 2.20. The Morgan fingerprint density at radius 1 is 0.722 bits per heavy atom. The Bertz CT molecular complexity index is 1360. The second kappa shape index (κ2) is 12.3. The van der Waals surface area contributed by atoms with Crippen molar-refractivity contribution in [2.75, 3.05) is 13.2 Å². The lowest BCUT2D eigenvalue weighted by Gasteiger charge is -2.12. The second-order valence-corrected chi connectivity index (χ2v) is 8.27. The number of hydrogen-bond donors (Lipinski definition) is 3. The minimum Gasteiger partial charge on any atom is -0.493 e. The molecule has 0 aromatic heterocycles. The van der Waals surface area contributed by atoms with E-state index in [9.17, 15) is 9.59 Å². The monoisotopic (exact) mass is 499 g/mol. The summed E-state index contributed by atoms with van der Waals surface area (Å²) < 4.78 is 11.3. The van der Waals surface area contributed by atoms with Crippen molar-refractivity contribution in [2.24, 2.45) is 0 Å². The van der Waals surface area contributed by atoms with Gasteiger partial charge in [0.1, 0.15) is 11.5 Å². The van der Waals surface area contributed by atoms with Crippen LogP contribution in [0.1, 0.15) is 15.9 Å². The van der Waals surface area contributed by atoms with Crippen LogP contribution in [-0.2, 0) is 11.2 Å². The third-order valence-corrected chi connectivity index (χ3v) is 5.44. The van der Waals surface area contributed by atoms with Gasteiger partial charge in [-0.25, -0.2) is 0 Å². The number of carbonyl (C=O) groups excluding carboxylic acids is 2. The Labute approximate surface area is 214 Å². The maximum absolute atomic E-state index is 12.5. The number of ether oxygens (including phenoxy) is 2. The number of benzene rings is 4. The summed E-state index contributed by atoms with van der Waals surface area (Å²) in [6.07, 6.45) is 0.759. The molecule has 0 spiro atoms. The van der Waals surface area contributed by atoms with Gasteiger partial charge >= 0.3 is 0 Å². The number of nitrogens with one attached hydrogen (secondary N) is 3. The number of amides is 2. The van der Waals surface area contributed by atoms with Gasteiger partial charge in [0.05, 0.1) is 6.61 Å². The van der Waals surface area contributed by atoms with Gasteiger partial charge in [0.2, 0.25) is 0 Å². The van der Waals surface area contributed by atoms with Crippen molar-refractivity contribution in [1.82, 2.24) is 16.2 Å². The van der Waals surface area contributed by atoms with Crippen molar-refractivity contribution in [3.05, 3.63) is 108 Å². The van der Waals surface area contributed by atoms with Crippen LogP contribution < -0.4 is 25.6 Å². The molecule has 0 heterocycles. The third kappa shape index (κ3) is 7.28. The van der Waals surface area contributed by atoms with E-state index in [0.717, 1.165) is 17.2 Å². The largest absolute Gasteiger partial charge is 0.493 e. The summed E-state index contributed by atoms with van der Waals surface area (Å²) in [6.45, 7) is 0.270. The lowest BCUT2D eigenvalue weighted by molar-refractivity contribution is -0.123. The standard InChI is InChI=1S/C28H25N3O4S/c32-26(19-35-25-14-13-21-9-4-5-10-22(21)17-25)30-31-28(36)29-27(33)23-11-6-12-24(18-23)34-16-15-20-7-2-1-3-8-20/h1-14,17-18H,15-16,19H2,(H,30,32)(H2,29,31,33,36). The van der Waals surface area contributed by atoms with Gasteiger partial charge in [-0.1, -0.05) is 66.7 Å². The molecule has 36 heavy (non-hydrogen) atoms. The molecule has 0 atom stereocenters. The van der Waals surface area contributed by atoms with Gasteiger partial charge in [0.25, 0.3) is 11.8 Å². The molecular formula is C28H25N3O4S. The summed E-state index contributed by atoms with van der Waals surface area (Å²) in [5.74, 6) is 0.276. The van der Waals surface area contributed by atoms with Crippen LogP contribution in [0.15, 0.2) is 97.1 Å². The molecule has 8 heteroatoms. The molecule has 4 aromatic carbocycles. The van der Waals surface area contributed by atoms with E-state index < -0.39 is 11.8 Å². The van der Waals surface area contributed by atoms with Crippen molar-refractivity contribution in [2.45, 2.75) is 6.42 Å². The first-order valence-corrected chi connectivity index (χ1v) is 11.8. The first-order chi connectivity index (χ1) is 17.6. The molecule has 0 aliphatic rings. The van der Waals surface area contributed by atoms with Crippen molar-refractivity contribution in [3.8, 4) is 11.5 Å². The van der Waals surface area contributed by atoms with Crippen LogP contribution >= 0.6 is 12.2 Å². The predicted octanol–water partition coefficient (Wildman–Crippen LogP) is 4.18. The van der Waals surface area contributed by atoms with Crippen LogP contribution in [-0.4, -0.2) is 30.1 Å². The Hall–Kier alpha value is -4.43. The summed E-state index contributed by atoms with van der Waals surface area (Å²) in [4.78, 5) is 24.6. The van der Waals surface area contributed by atoms with E-state index >= 15 is 0 Å². The number of hydrogen-bond acceptors (Lipinski definition) is 5. The number of thiocarbonyl (C=S) groups is 1. The molecule has 0 fully saturated rings. The normalized spacial score (nSPS) is 10.3. The molecule has 4 rings (SSSR count). The van der Waals surface area contributed by atoms with E-state index in [4.69, 9.17) is 21.7 Å². The van der Waals surface area contributed by atoms with E-state index in [2.05, 4.69) is 16.2 Å². The Morgan fingerprint density at radius 3 is 2.31 bits per heavy atom. The van der Waals surface area contributed by atoms with Crippen LogP contribution in [0.5, 0.6) is 11.5 Å². The molecule has 0 saturated carbocycles. The molecule has 0 aliphatic heterocycles. The Kier molecular flexibility index (Phi) is 8.45. The molecule has 0 radical (unpaired) electrons. The smallest absolute Gasteiger partial charge is 0.276 e. The molecule has 0 bridgehead atoms. The van der Waals surface area contributed by atoms with Crippen LogP contribution in [0.2, 0.25) is 0 Å². The fourth-order valence-electron chi connectivity index (χ4n) is 3.43.